The summed E-state index contributed by atoms with van der Waals surface area (Å²) >= 11 is 0. The van der Waals surface area contributed by atoms with E-state index in [9.17, 15) is 0 Å². The van der Waals surface area contributed by atoms with Crippen molar-refractivity contribution >= 4 is 5.69 Å². The van der Waals surface area contributed by atoms with Gasteiger partial charge in [-0.1, -0.05) is 23.4 Å². The van der Waals surface area contributed by atoms with E-state index in [0.717, 1.165) is 24.5 Å². The molecule has 0 fully saturated rings. The number of para-hydroxylation sites is 1. The van der Waals surface area contributed by atoms with E-state index in [0.29, 0.717) is 0 Å². The van der Waals surface area contributed by atoms with Gasteiger partial charge in [0.05, 0.1) is 0 Å². The van der Waals surface area contributed by atoms with Crippen molar-refractivity contribution in [1.29, 1.82) is 0 Å². The first kappa shape index (κ1) is 8.68. The van der Waals surface area contributed by atoms with E-state index in [2.05, 4.69) is 25.9 Å². The molecule has 0 aliphatic rings. The van der Waals surface area contributed by atoms with Gasteiger partial charge in [0, 0.05) is 18.7 Å². The van der Waals surface area contributed by atoms with Gasteiger partial charge in [0.15, 0.2) is 5.82 Å². The van der Waals surface area contributed by atoms with Crippen LogP contribution >= 0.6 is 0 Å². The first-order valence-corrected chi connectivity index (χ1v) is 4.46. The monoisotopic (exact) mass is 189 g/mol. The largest absolute Gasteiger partial charge is 0.385 e. The SMILES string of the molecule is c1ccc(NCCc2nn[nH]n2)cc1. The molecular formula is C9H11N5. The third kappa shape index (κ3) is 2.29. The van der Waals surface area contributed by atoms with Gasteiger partial charge in [0.1, 0.15) is 0 Å². The number of hydrogen-bond donors (Lipinski definition) is 2. The van der Waals surface area contributed by atoms with Crippen molar-refractivity contribution in [2.45, 2.75) is 6.42 Å². The molecule has 0 saturated carbocycles. The molecule has 72 valence electrons. The standard InChI is InChI=1S/C9H11N5/c1-2-4-8(5-3-1)10-7-6-9-11-13-14-12-9/h1-5,10H,6-7H2,(H,11,12,13,14). The summed E-state index contributed by atoms with van der Waals surface area (Å²) in [6.45, 7) is 0.809. The molecule has 2 N–H and O–H groups in total. The molecule has 0 aliphatic carbocycles. The molecule has 0 aliphatic heterocycles. The summed E-state index contributed by atoms with van der Waals surface area (Å²) in [6, 6.07) is 10.0. The molecular weight excluding hydrogens is 178 g/mol. The minimum Gasteiger partial charge on any atom is -0.385 e. The number of benzene rings is 1. The number of nitrogens with zero attached hydrogens (tertiary/aromatic N) is 3. The van der Waals surface area contributed by atoms with Crippen molar-refractivity contribution < 1.29 is 0 Å². The van der Waals surface area contributed by atoms with Crippen molar-refractivity contribution in [2.24, 2.45) is 0 Å². The minimum atomic E-state index is 0.730. The zero-order chi connectivity index (χ0) is 9.64. The van der Waals surface area contributed by atoms with Crippen molar-refractivity contribution in [3.05, 3.63) is 36.2 Å². The Bertz CT molecular complexity index is 356. The predicted octanol–water partition coefficient (Wildman–Crippen LogP) is 0.854. The number of anilines is 1. The molecule has 1 aromatic carbocycles. The molecule has 2 rings (SSSR count). The molecule has 2 aromatic rings. The number of aromatic nitrogens is 4. The average Bonchev–Trinajstić information content (AvgIpc) is 2.72. The Balaban J connectivity index is 1.79. The van der Waals surface area contributed by atoms with Crippen molar-refractivity contribution in [2.75, 3.05) is 11.9 Å². The fourth-order valence-electron chi connectivity index (χ4n) is 1.16. The maximum atomic E-state index is 3.86. The Morgan fingerprint density at radius 2 is 2.07 bits per heavy atom. The summed E-state index contributed by atoms with van der Waals surface area (Å²) < 4.78 is 0. The lowest BCUT2D eigenvalue weighted by atomic mass is 10.3. The Morgan fingerprint density at radius 3 is 2.79 bits per heavy atom. The molecule has 0 saturated heterocycles. The van der Waals surface area contributed by atoms with Gasteiger partial charge in [-0.25, -0.2) is 0 Å². The van der Waals surface area contributed by atoms with Crippen molar-refractivity contribution in [1.82, 2.24) is 20.6 Å². The number of H-pyrrole nitrogens is 1. The van der Waals surface area contributed by atoms with Gasteiger partial charge in [-0.2, -0.15) is 5.21 Å². The molecule has 0 amide bonds. The number of aromatic amines is 1. The molecule has 0 unspecified atom stereocenters. The molecule has 5 heteroatoms. The molecule has 0 spiro atoms. The Hall–Kier alpha value is -1.91. The summed E-state index contributed by atoms with van der Waals surface area (Å²) in [5, 5.41) is 16.9. The van der Waals surface area contributed by atoms with E-state index in [1.54, 1.807) is 0 Å². The van der Waals surface area contributed by atoms with Crippen molar-refractivity contribution in [3.8, 4) is 0 Å². The fraction of sp³-hybridized carbons (Fsp3) is 0.222. The lowest BCUT2D eigenvalue weighted by Gasteiger charge is -2.02. The van der Waals surface area contributed by atoms with Gasteiger partial charge in [-0.05, 0) is 12.1 Å². The van der Waals surface area contributed by atoms with Crippen LogP contribution in [0.25, 0.3) is 0 Å². The second-order valence-electron chi connectivity index (χ2n) is 2.87. The molecule has 0 radical (unpaired) electrons. The quantitative estimate of drug-likeness (QED) is 0.748. The first-order chi connectivity index (χ1) is 6.95. The zero-order valence-corrected chi connectivity index (χ0v) is 7.64. The van der Waals surface area contributed by atoms with Gasteiger partial charge in [-0.3, -0.25) is 0 Å². The summed E-state index contributed by atoms with van der Waals surface area (Å²) in [6.07, 6.45) is 0.769. The molecule has 1 aromatic heterocycles. The number of hydrogen-bond acceptors (Lipinski definition) is 4. The van der Waals surface area contributed by atoms with Gasteiger partial charge >= 0.3 is 0 Å². The van der Waals surface area contributed by atoms with E-state index < -0.39 is 0 Å². The third-order valence-electron chi connectivity index (χ3n) is 1.84. The van der Waals surface area contributed by atoms with Crippen LogP contribution in [0.1, 0.15) is 5.82 Å². The molecule has 14 heavy (non-hydrogen) atoms. The van der Waals surface area contributed by atoms with Gasteiger partial charge in [-0.15, -0.1) is 10.2 Å². The van der Waals surface area contributed by atoms with Crippen LogP contribution < -0.4 is 5.32 Å². The predicted molar refractivity (Wildman–Crippen MR) is 52.8 cm³/mol. The highest BCUT2D eigenvalue weighted by atomic mass is 15.5. The minimum absolute atomic E-state index is 0.730. The zero-order valence-electron chi connectivity index (χ0n) is 7.64. The van der Waals surface area contributed by atoms with E-state index in [4.69, 9.17) is 0 Å². The molecule has 0 bridgehead atoms. The fourth-order valence-corrected chi connectivity index (χ4v) is 1.16. The third-order valence-corrected chi connectivity index (χ3v) is 1.84. The summed E-state index contributed by atoms with van der Waals surface area (Å²) in [7, 11) is 0. The average molecular weight is 189 g/mol. The second-order valence-corrected chi connectivity index (χ2v) is 2.87. The Labute approximate surface area is 81.5 Å². The number of tetrazole rings is 1. The van der Waals surface area contributed by atoms with Crippen LogP contribution in [0, 0.1) is 0 Å². The maximum absolute atomic E-state index is 3.86. The topological polar surface area (TPSA) is 66.5 Å². The summed E-state index contributed by atoms with van der Waals surface area (Å²) in [5.41, 5.74) is 1.11. The molecule has 0 atom stereocenters. The number of rotatable bonds is 4. The molecule has 1 heterocycles. The van der Waals surface area contributed by atoms with Gasteiger partial charge in [0.25, 0.3) is 0 Å². The smallest absolute Gasteiger partial charge is 0.176 e. The van der Waals surface area contributed by atoms with Crippen LogP contribution in [0.15, 0.2) is 30.3 Å². The van der Waals surface area contributed by atoms with Gasteiger partial charge in [0.2, 0.25) is 0 Å². The maximum Gasteiger partial charge on any atom is 0.176 e. The Morgan fingerprint density at radius 1 is 1.21 bits per heavy atom. The number of nitrogens with one attached hydrogen (secondary N) is 2. The Kier molecular flexibility index (Phi) is 2.70. The first-order valence-electron chi connectivity index (χ1n) is 4.46. The van der Waals surface area contributed by atoms with Crippen LogP contribution in [-0.2, 0) is 6.42 Å². The highest BCUT2D eigenvalue weighted by Crippen LogP contribution is 2.04. The van der Waals surface area contributed by atoms with E-state index in [1.165, 1.54) is 0 Å². The van der Waals surface area contributed by atoms with Crippen LogP contribution in [0.5, 0.6) is 0 Å². The second kappa shape index (κ2) is 4.36. The van der Waals surface area contributed by atoms with E-state index >= 15 is 0 Å². The van der Waals surface area contributed by atoms with Crippen LogP contribution in [0.3, 0.4) is 0 Å². The van der Waals surface area contributed by atoms with E-state index in [-0.39, 0.29) is 0 Å². The van der Waals surface area contributed by atoms with Crippen LogP contribution in [-0.4, -0.2) is 27.2 Å². The van der Waals surface area contributed by atoms with Gasteiger partial charge < -0.3 is 5.32 Å². The lowest BCUT2D eigenvalue weighted by molar-refractivity contribution is 0.881. The highest BCUT2D eigenvalue weighted by Gasteiger charge is 1.96. The lowest BCUT2D eigenvalue weighted by Crippen LogP contribution is -2.05. The molecule has 5 nitrogen and oxygen atoms in total. The highest BCUT2D eigenvalue weighted by molar-refractivity contribution is 5.42. The van der Waals surface area contributed by atoms with Crippen LogP contribution in [0.2, 0.25) is 0 Å². The summed E-state index contributed by atoms with van der Waals surface area (Å²) in [4.78, 5) is 0. The van der Waals surface area contributed by atoms with E-state index in [1.807, 2.05) is 30.3 Å². The van der Waals surface area contributed by atoms with Crippen LogP contribution in [0.4, 0.5) is 5.69 Å². The normalized spacial score (nSPS) is 10.0. The summed E-state index contributed by atoms with van der Waals surface area (Å²) in [5.74, 6) is 0.730. The van der Waals surface area contributed by atoms with Crippen molar-refractivity contribution in [3.63, 3.8) is 0 Å².